The van der Waals surface area contributed by atoms with Gasteiger partial charge in [-0.15, -0.1) is 0 Å². The molecular formula is C16H16O4. The lowest BCUT2D eigenvalue weighted by atomic mass is 9.95. The number of benzene rings is 2. The molecule has 0 spiro atoms. The second-order valence-electron chi connectivity index (χ2n) is 4.20. The summed E-state index contributed by atoms with van der Waals surface area (Å²) in [6, 6.07) is 13.1. The monoisotopic (exact) mass is 272 g/mol. The predicted molar refractivity (Wildman–Crippen MR) is 75.7 cm³/mol. The van der Waals surface area contributed by atoms with Gasteiger partial charge < -0.3 is 14.6 Å². The van der Waals surface area contributed by atoms with Gasteiger partial charge >= 0.3 is 0 Å². The number of methoxy groups -OCH3 is 1. The lowest BCUT2D eigenvalue weighted by Crippen LogP contribution is -2.05. The highest BCUT2D eigenvalue weighted by molar-refractivity contribution is 5.86. The molecule has 0 radical (unpaired) electrons. The highest BCUT2D eigenvalue weighted by Crippen LogP contribution is 2.31. The fraction of sp³-hybridized carbons (Fsp3) is 0.188. The molecule has 0 aliphatic heterocycles. The quantitative estimate of drug-likeness (QED) is 0.649. The summed E-state index contributed by atoms with van der Waals surface area (Å²) < 4.78 is 10.2. The van der Waals surface area contributed by atoms with E-state index in [-0.39, 0.29) is 13.4 Å². The van der Waals surface area contributed by atoms with E-state index in [1.165, 1.54) is 7.11 Å². The first kappa shape index (κ1) is 14.2. The van der Waals surface area contributed by atoms with Crippen LogP contribution in [0.15, 0.2) is 42.5 Å². The molecule has 0 atom stereocenters. The highest BCUT2D eigenvalue weighted by atomic mass is 16.7. The summed E-state index contributed by atoms with van der Waals surface area (Å²) in [5.41, 5.74) is 2.67. The van der Waals surface area contributed by atoms with Crippen molar-refractivity contribution in [3.8, 4) is 16.9 Å². The van der Waals surface area contributed by atoms with Gasteiger partial charge in [-0.25, -0.2) is 0 Å². The molecule has 2 rings (SSSR count). The van der Waals surface area contributed by atoms with Crippen LogP contribution in [0, 0.1) is 0 Å². The number of carbonyl (C=O) groups excluding carboxylic acids is 1. The van der Waals surface area contributed by atoms with Crippen molar-refractivity contribution in [3.05, 3.63) is 53.6 Å². The van der Waals surface area contributed by atoms with Crippen LogP contribution in [0.2, 0.25) is 0 Å². The molecular weight excluding hydrogens is 256 g/mol. The fourth-order valence-corrected chi connectivity index (χ4v) is 2.08. The molecule has 0 saturated carbocycles. The van der Waals surface area contributed by atoms with Crippen molar-refractivity contribution in [3.63, 3.8) is 0 Å². The second kappa shape index (κ2) is 6.84. The summed E-state index contributed by atoms with van der Waals surface area (Å²) in [7, 11) is 1.51. The summed E-state index contributed by atoms with van der Waals surface area (Å²) in [6.07, 6.45) is 0.697. The third-order valence-corrected chi connectivity index (χ3v) is 3.01. The summed E-state index contributed by atoms with van der Waals surface area (Å²) in [5.74, 6) is 0.408. The van der Waals surface area contributed by atoms with Gasteiger partial charge in [0.2, 0.25) is 0 Å². The molecule has 0 fully saturated rings. The first-order valence-corrected chi connectivity index (χ1v) is 6.21. The minimum absolute atomic E-state index is 0.0520. The number of hydrogen-bond acceptors (Lipinski definition) is 4. The van der Waals surface area contributed by atoms with Crippen molar-refractivity contribution < 1.29 is 19.4 Å². The van der Waals surface area contributed by atoms with Crippen LogP contribution in [0.3, 0.4) is 0 Å². The summed E-state index contributed by atoms with van der Waals surface area (Å²) >= 11 is 0. The molecule has 0 unspecified atom stereocenters. The number of aliphatic hydroxyl groups is 1. The molecule has 4 nitrogen and oxygen atoms in total. The summed E-state index contributed by atoms with van der Waals surface area (Å²) in [6.45, 7) is -0.182. The Bertz CT molecular complexity index is 579. The molecule has 0 heterocycles. The Morgan fingerprint density at radius 3 is 2.50 bits per heavy atom. The van der Waals surface area contributed by atoms with Crippen LogP contribution in [0.25, 0.3) is 11.1 Å². The van der Waals surface area contributed by atoms with Crippen LogP contribution >= 0.6 is 0 Å². The van der Waals surface area contributed by atoms with Crippen LogP contribution in [0.5, 0.6) is 5.75 Å². The highest BCUT2D eigenvalue weighted by Gasteiger charge is 2.14. The average molecular weight is 272 g/mol. The third kappa shape index (κ3) is 2.87. The van der Waals surface area contributed by atoms with Gasteiger partial charge in [0.1, 0.15) is 5.75 Å². The zero-order valence-electron chi connectivity index (χ0n) is 11.2. The van der Waals surface area contributed by atoms with Gasteiger partial charge in [-0.2, -0.15) is 0 Å². The molecule has 0 saturated heterocycles. The Hall–Kier alpha value is -2.17. The van der Waals surface area contributed by atoms with Gasteiger partial charge in [0.15, 0.2) is 13.1 Å². The Balaban J connectivity index is 2.52. The first-order valence-electron chi connectivity index (χ1n) is 6.21. The van der Waals surface area contributed by atoms with E-state index in [0.717, 1.165) is 11.1 Å². The Morgan fingerprint density at radius 2 is 1.90 bits per heavy atom. The van der Waals surface area contributed by atoms with Crippen molar-refractivity contribution >= 4 is 6.29 Å². The minimum Gasteiger partial charge on any atom is -0.467 e. The van der Waals surface area contributed by atoms with Crippen molar-refractivity contribution in [1.82, 2.24) is 0 Å². The van der Waals surface area contributed by atoms with E-state index in [1.807, 2.05) is 36.4 Å². The van der Waals surface area contributed by atoms with E-state index in [4.69, 9.17) is 9.47 Å². The standard InChI is InChI=1S/C16H16O4/c1-19-11-20-16-8-7-13(12-5-3-2-4-6-12)14(9-17)15(16)10-18/h2-8,10,17H,9,11H2,1H3. The van der Waals surface area contributed by atoms with Gasteiger partial charge in [-0.3, -0.25) is 4.79 Å². The van der Waals surface area contributed by atoms with Crippen molar-refractivity contribution in [2.24, 2.45) is 0 Å². The SMILES string of the molecule is COCOc1ccc(-c2ccccc2)c(CO)c1C=O. The molecule has 0 amide bonds. The number of rotatable bonds is 6. The lowest BCUT2D eigenvalue weighted by Gasteiger charge is -2.14. The molecule has 0 bridgehead atoms. The van der Waals surface area contributed by atoms with Gasteiger partial charge in [0.05, 0.1) is 12.2 Å². The minimum atomic E-state index is -0.234. The van der Waals surface area contributed by atoms with Gasteiger partial charge in [-0.05, 0) is 22.8 Å². The van der Waals surface area contributed by atoms with E-state index >= 15 is 0 Å². The van der Waals surface area contributed by atoms with E-state index < -0.39 is 0 Å². The smallest absolute Gasteiger partial charge is 0.188 e. The van der Waals surface area contributed by atoms with Crippen molar-refractivity contribution in [2.45, 2.75) is 6.61 Å². The lowest BCUT2D eigenvalue weighted by molar-refractivity contribution is 0.0504. The Kier molecular flexibility index (Phi) is 4.87. The molecule has 0 aliphatic rings. The van der Waals surface area contributed by atoms with Crippen molar-refractivity contribution in [1.29, 1.82) is 0 Å². The maximum atomic E-state index is 11.3. The molecule has 20 heavy (non-hydrogen) atoms. The number of ether oxygens (including phenoxy) is 2. The molecule has 0 aromatic heterocycles. The molecule has 1 N–H and O–H groups in total. The first-order chi connectivity index (χ1) is 9.81. The third-order valence-electron chi connectivity index (χ3n) is 3.01. The molecule has 4 heteroatoms. The van der Waals surface area contributed by atoms with E-state index in [0.29, 0.717) is 23.2 Å². The maximum Gasteiger partial charge on any atom is 0.188 e. The van der Waals surface area contributed by atoms with Crippen LogP contribution in [0.4, 0.5) is 0 Å². The van der Waals surface area contributed by atoms with Crippen LogP contribution in [-0.4, -0.2) is 25.3 Å². The summed E-state index contributed by atoms with van der Waals surface area (Å²) in [5, 5.41) is 9.60. The number of aldehydes is 1. The van der Waals surface area contributed by atoms with Gasteiger partial charge in [0.25, 0.3) is 0 Å². The number of aliphatic hydroxyl groups excluding tert-OH is 1. The second-order valence-corrected chi connectivity index (χ2v) is 4.20. The van der Waals surface area contributed by atoms with Gasteiger partial charge in [0, 0.05) is 7.11 Å². The molecule has 104 valence electrons. The number of hydrogen-bond donors (Lipinski definition) is 1. The van der Waals surface area contributed by atoms with E-state index in [2.05, 4.69) is 0 Å². The van der Waals surface area contributed by atoms with Crippen LogP contribution in [0.1, 0.15) is 15.9 Å². The van der Waals surface area contributed by atoms with E-state index in [1.54, 1.807) is 6.07 Å². The Morgan fingerprint density at radius 1 is 1.15 bits per heavy atom. The van der Waals surface area contributed by atoms with E-state index in [9.17, 15) is 9.90 Å². The maximum absolute atomic E-state index is 11.3. The predicted octanol–water partition coefficient (Wildman–Crippen LogP) is 2.64. The normalized spacial score (nSPS) is 10.3. The molecule has 2 aromatic carbocycles. The van der Waals surface area contributed by atoms with Crippen LogP contribution in [-0.2, 0) is 11.3 Å². The largest absolute Gasteiger partial charge is 0.467 e. The fourth-order valence-electron chi connectivity index (χ4n) is 2.08. The molecule has 0 aliphatic carbocycles. The van der Waals surface area contributed by atoms with Crippen molar-refractivity contribution in [2.75, 3.05) is 13.9 Å². The Labute approximate surface area is 117 Å². The van der Waals surface area contributed by atoms with Crippen LogP contribution < -0.4 is 4.74 Å². The zero-order chi connectivity index (χ0) is 14.4. The number of carbonyl (C=O) groups is 1. The summed E-state index contributed by atoms with van der Waals surface area (Å²) in [4.78, 5) is 11.3. The zero-order valence-corrected chi connectivity index (χ0v) is 11.2. The molecule has 2 aromatic rings. The van der Waals surface area contributed by atoms with Gasteiger partial charge in [-0.1, -0.05) is 36.4 Å². The topological polar surface area (TPSA) is 55.8 Å². The average Bonchev–Trinajstić information content (AvgIpc) is 2.52.